The first kappa shape index (κ1) is 21.3. The van der Waals surface area contributed by atoms with E-state index in [9.17, 15) is 27.9 Å². The van der Waals surface area contributed by atoms with Crippen molar-refractivity contribution in [3.05, 3.63) is 75.2 Å². The van der Waals surface area contributed by atoms with Crippen LogP contribution < -0.4 is 5.56 Å². The Morgan fingerprint density at radius 3 is 2.72 bits per heavy atom. The number of aromatic amines is 1. The van der Waals surface area contributed by atoms with E-state index in [2.05, 4.69) is 15.0 Å². The molecule has 0 fully saturated rings. The van der Waals surface area contributed by atoms with Crippen LogP contribution in [-0.2, 0) is 17.3 Å². The van der Waals surface area contributed by atoms with E-state index in [0.29, 0.717) is 11.3 Å². The fourth-order valence-corrected chi connectivity index (χ4v) is 3.31. The highest BCUT2D eigenvalue weighted by molar-refractivity contribution is 6.07. The highest BCUT2D eigenvalue weighted by atomic mass is 19.4. The molecular formula is C22H16F3N3O4. The maximum absolute atomic E-state index is 13.1. The molecule has 164 valence electrons. The smallest absolute Gasteiger partial charge is 0.416 e. The van der Waals surface area contributed by atoms with Crippen LogP contribution in [-0.4, -0.2) is 33.4 Å². The van der Waals surface area contributed by atoms with E-state index in [1.165, 1.54) is 18.2 Å². The largest absolute Gasteiger partial charge is 0.501 e. The minimum atomic E-state index is -4.57. The van der Waals surface area contributed by atoms with Crippen LogP contribution in [0, 0.1) is 0 Å². The van der Waals surface area contributed by atoms with Crippen LogP contribution in [0.4, 0.5) is 18.9 Å². The van der Waals surface area contributed by atoms with Gasteiger partial charge in [-0.05, 0) is 36.8 Å². The Morgan fingerprint density at radius 1 is 1.22 bits per heavy atom. The molecular weight excluding hydrogens is 427 g/mol. The van der Waals surface area contributed by atoms with Crippen molar-refractivity contribution in [2.45, 2.75) is 19.5 Å². The van der Waals surface area contributed by atoms with Crippen molar-refractivity contribution in [1.29, 1.82) is 0 Å². The minimum absolute atomic E-state index is 0.0267. The number of fused-ring (bicyclic) bond motifs is 1. The molecule has 1 aliphatic rings. The molecule has 0 unspecified atom stereocenters. The number of carbonyl (C=O) groups excluding carboxylic acids is 1. The van der Waals surface area contributed by atoms with Gasteiger partial charge in [-0.25, -0.2) is 9.78 Å². The fourth-order valence-electron chi connectivity index (χ4n) is 3.31. The van der Waals surface area contributed by atoms with E-state index in [0.717, 1.165) is 17.7 Å². The van der Waals surface area contributed by atoms with Crippen LogP contribution in [0.3, 0.4) is 0 Å². The Hall–Kier alpha value is -3.95. The highest BCUT2D eigenvalue weighted by Gasteiger charge is 2.31. The Morgan fingerprint density at radius 2 is 2.00 bits per heavy atom. The third kappa shape index (κ3) is 3.98. The van der Waals surface area contributed by atoms with E-state index < -0.39 is 29.0 Å². The number of alkyl halides is 3. The third-order valence-electron chi connectivity index (χ3n) is 4.84. The normalized spacial score (nSPS) is 12.9. The molecule has 0 radical (unpaired) electrons. The molecule has 2 heterocycles. The number of aliphatic imine (C=N–C) groups is 1. The zero-order chi connectivity index (χ0) is 23.0. The number of nitrogens with zero attached hydrogens (tertiary/aromatic N) is 2. The van der Waals surface area contributed by atoms with E-state index >= 15 is 0 Å². The van der Waals surface area contributed by atoms with Gasteiger partial charge >= 0.3 is 12.1 Å². The molecule has 3 aromatic rings. The van der Waals surface area contributed by atoms with Gasteiger partial charge in [-0.15, -0.1) is 0 Å². The lowest BCUT2D eigenvalue weighted by Crippen LogP contribution is -2.16. The summed E-state index contributed by atoms with van der Waals surface area (Å²) in [5.41, 5.74) is -0.199. The fraction of sp³-hybridized carbons (Fsp3) is 0.182. The molecule has 1 aromatic heterocycles. The molecule has 1 aliphatic heterocycles. The number of hydrogen-bond acceptors (Lipinski definition) is 6. The molecule has 7 nitrogen and oxygen atoms in total. The van der Waals surface area contributed by atoms with Crippen LogP contribution in [0.15, 0.2) is 52.3 Å². The second-order valence-corrected chi connectivity index (χ2v) is 6.99. The molecule has 0 bridgehead atoms. The third-order valence-corrected chi connectivity index (χ3v) is 4.84. The van der Waals surface area contributed by atoms with E-state index in [1.54, 1.807) is 19.1 Å². The van der Waals surface area contributed by atoms with Gasteiger partial charge in [0, 0.05) is 12.0 Å². The van der Waals surface area contributed by atoms with Crippen LogP contribution in [0.25, 0.3) is 11.4 Å². The molecule has 0 aliphatic carbocycles. The standard InChI is InChI=1S/C22H16F3N3O4/c1-2-32-21(31)13-7-6-11-9-16(26-15(11)10-13)17-18(29)20(30)28-19(27-17)12-4-3-5-14(8-12)22(23,24)25/h3-8,10,29H,2,9H2,1H3,(H,27,28,30). The number of esters is 1. The maximum atomic E-state index is 13.1. The van der Waals surface area contributed by atoms with Crippen LogP contribution >= 0.6 is 0 Å². The molecule has 0 atom stereocenters. The summed E-state index contributed by atoms with van der Waals surface area (Å²) in [5.74, 6) is -1.35. The number of hydrogen-bond donors (Lipinski definition) is 2. The van der Waals surface area contributed by atoms with Gasteiger partial charge in [0.1, 0.15) is 11.5 Å². The number of aromatic nitrogens is 2. The topological polar surface area (TPSA) is 105 Å². The zero-order valence-electron chi connectivity index (χ0n) is 16.7. The van der Waals surface area contributed by atoms with Crippen molar-refractivity contribution < 1.29 is 27.8 Å². The van der Waals surface area contributed by atoms with Crippen molar-refractivity contribution in [3.8, 4) is 17.1 Å². The maximum Gasteiger partial charge on any atom is 0.416 e. The molecule has 0 amide bonds. The average Bonchev–Trinajstić information content (AvgIpc) is 3.18. The highest BCUT2D eigenvalue weighted by Crippen LogP contribution is 2.33. The monoisotopic (exact) mass is 443 g/mol. The predicted molar refractivity (Wildman–Crippen MR) is 109 cm³/mol. The van der Waals surface area contributed by atoms with Gasteiger partial charge in [-0.3, -0.25) is 9.79 Å². The first-order chi connectivity index (χ1) is 15.2. The predicted octanol–water partition coefficient (Wildman–Crippen LogP) is 4.01. The van der Waals surface area contributed by atoms with E-state index in [1.807, 2.05) is 0 Å². The Kier molecular flexibility index (Phi) is 5.29. The van der Waals surface area contributed by atoms with E-state index in [-0.39, 0.29) is 35.8 Å². The molecule has 2 N–H and O–H groups in total. The van der Waals surface area contributed by atoms with Crippen molar-refractivity contribution in [2.75, 3.05) is 6.61 Å². The first-order valence-corrected chi connectivity index (χ1v) is 9.56. The van der Waals surface area contributed by atoms with Crippen LogP contribution in [0.5, 0.6) is 5.75 Å². The lowest BCUT2D eigenvalue weighted by molar-refractivity contribution is -0.137. The summed E-state index contributed by atoms with van der Waals surface area (Å²) in [6.07, 6.45) is -4.35. The van der Waals surface area contributed by atoms with Crippen molar-refractivity contribution in [2.24, 2.45) is 4.99 Å². The summed E-state index contributed by atoms with van der Waals surface area (Å²) in [5, 5.41) is 10.3. The van der Waals surface area contributed by atoms with E-state index in [4.69, 9.17) is 4.74 Å². The molecule has 0 saturated carbocycles. The minimum Gasteiger partial charge on any atom is -0.501 e. The quantitative estimate of drug-likeness (QED) is 0.593. The summed E-state index contributed by atoms with van der Waals surface area (Å²) in [6.45, 7) is 1.90. The van der Waals surface area contributed by atoms with Gasteiger partial charge < -0.3 is 14.8 Å². The summed E-state index contributed by atoms with van der Waals surface area (Å²) >= 11 is 0. The van der Waals surface area contributed by atoms with Gasteiger partial charge in [-0.2, -0.15) is 13.2 Å². The SMILES string of the molecule is CCOC(=O)c1ccc2c(c1)N=C(c1nc(-c3cccc(C(F)(F)F)c3)[nH]c(=O)c1O)C2. The number of benzene rings is 2. The van der Waals surface area contributed by atoms with Crippen LogP contribution in [0.2, 0.25) is 0 Å². The van der Waals surface area contributed by atoms with Gasteiger partial charge in [-0.1, -0.05) is 18.2 Å². The number of carbonyl (C=O) groups is 1. The molecule has 32 heavy (non-hydrogen) atoms. The number of aromatic hydroxyl groups is 1. The Labute approximate surface area is 179 Å². The Bertz CT molecular complexity index is 1310. The van der Waals surface area contributed by atoms with Gasteiger partial charge in [0.2, 0.25) is 5.75 Å². The molecule has 2 aromatic carbocycles. The summed E-state index contributed by atoms with van der Waals surface area (Å²) in [7, 11) is 0. The molecule has 0 saturated heterocycles. The van der Waals surface area contributed by atoms with Crippen LogP contribution in [0.1, 0.15) is 34.1 Å². The number of H-pyrrole nitrogens is 1. The number of rotatable bonds is 4. The molecule has 4 rings (SSSR count). The number of nitrogens with one attached hydrogen (secondary N) is 1. The average molecular weight is 443 g/mol. The number of halogens is 3. The molecule has 0 spiro atoms. The van der Waals surface area contributed by atoms with Gasteiger partial charge in [0.25, 0.3) is 5.56 Å². The summed E-state index contributed by atoms with van der Waals surface area (Å²) < 4.78 is 44.1. The lowest BCUT2D eigenvalue weighted by Gasteiger charge is -2.10. The lowest BCUT2D eigenvalue weighted by atomic mass is 10.1. The zero-order valence-corrected chi connectivity index (χ0v) is 16.7. The van der Waals surface area contributed by atoms with Gasteiger partial charge in [0.15, 0.2) is 0 Å². The summed E-state index contributed by atoms with van der Waals surface area (Å²) in [4.78, 5) is 35.1. The van der Waals surface area contributed by atoms with Crippen molar-refractivity contribution >= 4 is 17.4 Å². The van der Waals surface area contributed by atoms with Crippen molar-refractivity contribution in [1.82, 2.24) is 9.97 Å². The second kappa shape index (κ2) is 7.95. The Balaban J connectivity index is 1.75. The van der Waals surface area contributed by atoms with Gasteiger partial charge in [0.05, 0.1) is 29.1 Å². The second-order valence-electron chi connectivity index (χ2n) is 6.99. The van der Waals surface area contributed by atoms with Crippen molar-refractivity contribution in [3.63, 3.8) is 0 Å². The summed E-state index contributed by atoms with van der Waals surface area (Å²) in [6, 6.07) is 9.11. The first-order valence-electron chi connectivity index (χ1n) is 9.56. The molecule has 10 heteroatoms. The number of ether oxygens (including phenoxy) is 1.